The van der Waals surface area contributed by atoms with Crippen molar-refractivity contribution in [1.29, 1.82) is 0 Å². The Balaban J connectivity index is 1.76. The third-order valence-corrected chi connectivity index (χ3v) is 3.45. The molecule has 0 aromatic heterocycles. The molecule has 1 aliphatic rings. The van der Waals surface area contributed by atoms with Crippen molar-refractivity contribution < 1.29 is 18.8 Å². The second kappa shape index (κ2) is 6.81. The van der Waals surface area contributed by atoms with Crippen LogP contribution in [-0.4, -0.2) is 37.7 Å². The van der Waals surface area contributed by atoms with Gasteiger partial charge in [0.1, 0.15) is 31.1 Å². The summed E-state index contributed by atoms with van der Waals surface area (Å²) in [6, 6.07) is 5.82. The summed E-state index contributed by atoms with van der Waals surface area (Å²) in [6.45, 7) is 6.80. The number of carbonyl (C=O) groups excluding carboxylic acids is 1. The lowest BCUT2D eigenvalue weighted by Gasteiger charge is -2.32. The quantitative estimate of drug-likeness (QED) is 0.859. The van der Waals surface area contributed by atoms with Gasteiger partial charge in [0.25, 0.3) is 0 Å². The Labute approximate surface area is 118 Å². The molecule has 2 N–H and O–H groups in total. The number of hydrogen-bond donors (Lipinski definition) is 2. The van der Waals surface area contributed by atoms with Crippen LogP contribution in [0.5, 0.6) is 0 Å². The van der Waals surface area contributed by atoms with Gasteiger partial charge in [-0.15, -0.1) is 0 Å². The van der Waals surface area contributed by atoms with Crippen molar-refractivity contribution in [3.63, 3.8) is 0 Å². The molecule has 5 heteroatoms. The number of carbonyl (C=O) groups is 1. The van der Waals surface area contributed by atoms with E-state index < -0.39 is 0 Å². The molecule has 4 nitrogen and oxygen atoms in total. The third-order valence-electron chi connectivity index (χ3n) is 3.45. The van der Waals surface area contributed by atoms with Crippen LogP contribution in [0, 0.1) is 5.82 Å². The maximum absolute atomic E-state index is 12.8. The van der Waals surface area contributed by atoms with Gasteiger partial charge in [-0.25, -0.2) is 4.39 Å². The van der Waals surface area contributed by atoms with Crippen LogP contribution in [0.15, 0.2) is 24.3 Å². The monoisotopic (exact) mass is 281 g/mol. The zero-order valence-electron chi connectivity index (χ0n) is 12.0. The fourth-order valence-corrected chi connectivity index (χ4v) is 2.64. The number of rotatable bonds is 4. The van der Waals surface area contributed by atoms with Gasteiger partial charge in [-0.3, -0.25) is 4.79 Å². The van der Waals surface area contributed by atoms with E-state index in [4.69, 9.17) is 4.74 Å². The number of quaternary nitrogens is 1. The van der Waals surface area contributed by atoms with Crippen LogP contribution in [0.1, 0.15) is 20.3 Å². The van der Waals surface area contributed by atoms with Gasteiger partial charge in [-0.2, -0.15) is 0 Å². The number of morpholine rings is 1. The fourth-order valence-electron chi connectivity index (χ4n) is 2.64. The lowest BCUT2D eigenvalue weighted by Crippen LogP contribution is -3.15. The minimum atomic E-state index is -0.302. The van der Waals surface area contributed by atoms with E-state index in [1.165, 1.54) is 17.0 Å². The molecule has 2 atom stereocenters. The van der Waals surface area contributed by atoms with E-state index in [0.717, 1.165) is 19.6 Å². The van der Waals surface area contributed by atoms with Crippen LogP contribution < -0.4 is 10.2 Å². The average molecular weight is 281 g/mol. The Hall–Kier alpha value is -1.46. The predicted molar refractivity (Wildman–Crippen MR) is 75.2 cm³/mol. The Morgan fingerprint density at radius 3 is 2.50 bits per heavy atom. The lowest BCUT2D eigenvalue weighted by atomic mass is 10.2. The summed E-state index contributed by atoms with van der Waals surface area (Å²) in [4.78, 5) is 13.2. The predicted octanol–water partition coefficient (Wildman–Crippen LogP) is 0.846. The second-order valence-electron chi connectivity index (χ2n) is 5.47. The number of amides is 1. The molecule has 1 heterocycles. The normalized spacial score (nSPS) is 26.2. The van der Waals surface area contributed by atoms with Crippen molar-refractivity contribution in [2.75, 3.05) is 25.0 Å². The summed E-state index contributed by atoms with van der Waals surface area (Å²) in [7, 11) is 0. The lowest BCUT2D eigenvalue weighted by molar-refractivity contribution is -0.914. The Morgan fingerprint density at radius 1 is 1.30 bits per heavy atom. The summed E-state index contributed by atoms with van der Waals surface area (Å²) in [5, 5.41) is 2.78. The van der Waals surface area contributed by atoms with Crippen LogP contribution in [0.3, 0.4) is 0 Å². The second-order valence-corrected chi connectivity index (χ2v) is 5.47. The van der Waals surface area contributed by atoms with Crippen molar-refractivity contribution >= 4 is 11.6 Å². The van der Waals surface area contributed by atoms with Crippen LogP contribution in [-0.2, 0) is 9.53 Å². The molecule has 1 fully saturated rings. The topological polar surface area (TPSA) is 42.8 Å². The zero-order valence-corrected chi connectivity index (χ0v) is 12.0. The molecule has 1 saturated heterocycles. The molecule has 0 spiro atoms. The van der Waals surface area contributed by atoms with Crippen molar-refractivity contribution in [1.82, 2.24) is 0 Å². The first-order chi connectivity index (χ1) is 9.52. The Kier molecular flexibility index (Phi) is 5.09. The molecule has 1 aromatic rings. The summed E-state index contributed by atoms with van der Waals surface area (Å²) in [6.07, 6.45) is 0.953. The van der Waals surface area contributed by atoms with Crippen molar-refractivity contribution in [2.45, 2.75) is 32.5 Å². The number of hydrogen-bond acceptors (Lipinski definition) is 2. The van der Waals surface area contributed by atoms with E-state index in [0.29, 0.717) is 12.1 Å². The highest BCUT2D eigenvalue weighted by atomic mass is 19.1. The van der Waals surface area contributed by atoms with E-state index in [1.807, 2.05) is 0 Å². The SMILES string of the molecule is C[C@H]1C[NH+](CCC(=O)Nc2ccc(F)cc2)C[C@H](C)O1. The molecular formula is C15H22FN2O2+. The van der Waals surface area contributed by atoms with Crippen molar-refractivity contribution in [3.8, 4) is 0 Å². The Morgan fingerprint density at radius 2 is 1.90 bits per heavy atom. The molecule has 0 unspecified atom stereocenters. The largest absolute Gasteiger partial charge is 0.364 e. The highest BCUT2D eigenvalue weighted by Gasteiger charge is 2.25. The smallest absolute Gasteiger partial charge is 0.230 e. The van der Waals surface area contributed by atoms with Gasteiger partial charge in [-0.05, 0) is 38.1 Å². The average Bonchev–Trinajstić information content (AvgIpc) is 2.38. The molecular weight excluding hydrogens is 259 g/mol. The van der Waals surface area contributed by atoms with Gasteiger partial charge < -0.3 is 15.0 Å². The zero-order chi connectivity index (χ0) is 14.5. The number of benzene rings is 1. The first-order valence-electron chi connectivity index (χ1n) is 7.07. The highest BCUT2D eigenvalue weighted by molar-refractivity contribution is 5.90. The number of ether oxygens (including phenoxy) is 1. The number of anilines is 1. The molecule has 1 amide bonds. The molecule has 0 aliphatic carbocycles. The Bertz CT molecular complexity index is 440. The summed E-state index contributed by atoms with van der Waals surface area (Å²) < 4.78 is 18.4. The fraction of sp³-hybridized carbons (Fsp3) is 0.533. The summed E-state index contributed by atoms with van der Waals surface area (Å²) in [5.74, 6) is -0.334. The van der Waals surface area contributed by atoms with Crippen LogP contribution >= 0.6 is 0 Å². The molecule has 0 radical (unpaired) electrons. The molecule has 110 valence electrons. The van der Waals surface area contributed by atoms with E-state index in [9.17, 15) is 9.18 Å². The number of halogens is 1. The minimum Gasteiger partial charge on any atom is -0.364 e. The highest BCUT2D eigenvalue weighted by Crippen LogP contribution is 2.08. The summed E-state index contributed by atoms with van der Waals surface area (Å²) in [5.41, 5.74) is 0.634. The molecule has 0 bridgehead atoms. The van der Waals surface area contributed by atoms with Gasteiger partial charge >= 0.3 is 0 Å². The van der Waals surface area contributed by atoms with E-state index in [-0.39, 0.29) is 23.9 Å². The van der Waals surface area contributed by atoms with Gasteiger partial charge in [0.05, 0.1) is 13.0 Å². The van der Waals surface area contributed by atoms with Gasteiger partial charge in [0.15, 0.2) is 0 Å². The molecule has 0 saturated carbocycles. The van der Waals surface area contributed by atoms with E-state index in [2.05, 4.69) is 19.2 Å². The molecule has 20 heavy (non-hydrogen) atoms. The van der Waals surface area contributed by atoms with Crippen LogP contribution in [0.25, 0.3) is 0 Å². The minimum absolute atomic E-state index is 0.0316. The molecule has 1 aliphatic heterocycles. The summed E-state index contributed by atoms with van der Waals surface area (Å²) >= 11 is 0. The van der Waals surface area contributed by atoms with E-state index in [1.54, 1.807) is 12.1 Å². The van der Waals surface area contributed by atoms with Crippen molar-refractivity contribution in [3.05, 3.63) is 30.1 Å². The van der Waals surface area contributed by atoms with Gasteiger partial charge in [-0.1, -0.05) is 0 Å². The maximum atomic E-state index is 12.8. The third kappa shape index (κ3) is 4.58. The molecule has 1 aromatic carbocycles. The number of nitrogens with one attached hydrogen (secondary N) is 2. The first kappa shape index (κ1) is 14.9. The maximum Gasteiger partial charge on any atom is 0.230 e. The van der Waals surface area contributed by atoms with Crippen molar-refractivity contribution in [2.24, 2.45) is 0 Å². The van der Waals surface area contributed by atoms with E-state index >= 15 is 0 Å². The van der Waals surface area contributed by atoms with Gasteiger partial charge in [0, 0.05) is 5.69 Å². The molecule has 2 rings (SSSR count). The van der Waals surface area contributed by atoms with Crippen LogP contribution in [0.4, 0.5) is 10.1 Å². The first-order valence-corrected chi connectivity index (χ1v) is 7.07. The standard InChI is InChI=1S/C15H21FN2O2/c1-11-9-18(10-12(2)20-11)8-7-15(19)17-14-5-3-13(16)4-6-14/h3-6,11-12H,7-10H2,1-2H3,(H,17,19)/p+1/t11-,12-/m0/s1. The van der Waals surface area contributed by atoms with Gasteiger partial charge in [0.2, 0.25) is 5.91 Å². The van der Waals surface area contributed by atoms with Crippen LogP contribution in [0.2, 0.25) is 0 Å².